The summed E-state index contributed by atoms with van der Waals surface area (Å²) in [6.45, 7) is 7.49. The van der Waals surface area contributed by atoms with E-state index in [-0.39, 0.29) is 37.1 Å². The van der Waals surface area contributed by atoms with Gasteiger partial charge in [0.2, 0.25) is 23.5 Å². The van der Waals surface area contributed by atoms with Gasteiger partial charge < -0.3 is 28.5 Å². The van der Waals surface area contributed by atoms with Crippen molar-refractivity contribution >= 4 is 40.2 Å². The third-order valence-corrected chi connectivity index (χ3v) is 12.7. The second-order valence-electron chi connectivity index (χ2n) is 16.6. The first kappa shape index (κ1) is 39.8. The molecule has 4 fully saturated rings. The molecule has 0 spiro atoms. The van der Waals surface area contributed by atoms with Crippen LogP contribution in [0, 0.1) is 0 Å². The maximum Gasteiger partial charge on any atom is 0.262 e. The molecular formula is C45H47N9O8. The normalized spacial score (nSPS) is 22.5. The van der Waals surface area contributed by atoms with Gasteiger partial charge in [0.15, 0.2) is 0 Å². The largest absolute Gasteiger partial charge is 0.490 e. The van der Waals surface area contributed by atoms with Crippen LogP contribution in [-0.2, 0) is 14.3 Å². The van der Waals surface area contributed by atoms with E-state index >= 15 is 0 Å². The molecule has 3 aromatic heterocycles. The van der Waals surface area contributed by atoms with Crippen LogP contribution in [0.25, 0.3) is 33.9 Å². The van der Waals surface area contributed by atoms with Crippen molar-refractivity contribution in [1.82, 2.24) is 40.1 Å². The van der Waals surface area contributed by atoms with Crippen molar-refractivity contribution in [3.63, 3.8) is 0 Å². The van der Waals surface area contributed by atoms with E-state index in [0.717, 1.165) is 105 Å². The molecule has 7 heterocycles. The molecule has 320 valence electrons. The molecule has 17 heteroatoms. The van der Waals surface area contributed by atoms with Gasteiger partial charge in [0, 0.05) is 101 Å². The highest BCUT2D eigenvalue weighted by atomic mass is 16.5. The second-order valence-corrected chi connectivity index (χ2v) is 16.6. The number of nitrogens with one attached hydrogen (secondary N) is 1. The first-order valence-corrected chi connectivity index (χ1v) is 21.4. The number of amides is 4. The summed E-state index contributed by atoms with van der Waals surface area (Å²) in [5.74, 6) is 0.0928. The van der Waals surface area contributed by atoms with Gasteiger partial charge in [-0.3, -0.25) is 34.3 Å². The molecule has 0 radical (unpaired) electrons. The Hall–Kier alpha value is -6.30. The Bertz CT molecular complexity index is 2530. The van der Waals surface area contributed by atoms with Crippen molar-refractivity contribution in [1.29, 1.82) is 0 Å². The molecule has 0 bridgehead atoms. The van der Waals surface area contributed by atoms with Crippen molar-refractivity contribution in [3.05, 3.63) is 78.0 Å². The first-order valence-electron chi connectivity index (χ1n) is 21.4. The zero-order valence-electron chi connectivity index (χ0n) is 34.4. The fourth-order valence-corrected chi connectivity index (χ4v) is 9.03. The van der Waals surface area contributed by atoms with Crippen molar-refractivity contribution in [2.45, 2.75) is 62.9 Å². The van der Waals surface area contributed by atoms with Crippen molar-refractivity contribution < 1.29 is 37.9 Å². The third-order valence-electron chi connectivity index (χ3n) is 12.7. The van der Waals surface area contributed by atoms with Crippen LogP contribution in [0.15, 0.2) is 71.4 Å². The SMILES string of the molecule is COc1cc(-c2nc(-c3ccc4cc(OC5CC(OC6CCN(CCN7CCN(c8ccc9c(c8)C(=O)N(C8CCC(=O)NC8=O)C9=O)CC7)CC6)C5)ccc4n3)no2)ccn1. The predicted octanol–water partition coefficient (Wildman–Crippen LogP) is 3.97. The number of pyridine rings is 2. The Morgan fingerprint density at radius 2 is 1.56 bits per heavy atom. The minimum atomic E-state index is -0.965. The number of carbonyl (C=O) groups excluding carboxylic acids is 4. The Morgan fingerprint density at radius 3 is 2.35 bits per heavy atom. The number of ether oxygens (including phenoxy) is 3. The van der Waals surface area contributed by atoms with Gasteiger partial charge in [-0.25, -0.2) is 9.97 Å². The standard InChI is InChI=1S/C45H47N9O8/c1-59-40-23-28(10-13-46-40)43-49-41(50-62-43)37-6-2-27-22-31(4-7-36(27)47-37)61-33-25-32(26-33)60-30-11-14-51(15-12-30)16-17-52-18-20-53(21-19-52)29-3-5-34-35(24-29)45(58)54(44(34)57)38-8-9-39(55)48-42(38)56/h2-7,10,13,22-24,30,32-33,38H,8-9,11-12,14-21,25-26H2,1H3,(H,48,55,56). The van der Waals surface area contributed by atoms with Gasteiger partial charge in [-0.2, -0.15) is 4.98 Å². The molecule has 62 heavy (non-hydrogen) atoms. The number of imide groups is 2. The zero-order valence-corrected chi connectivity index (χ0v) is 34.4. The topological polar surface area (TPSA) is 186 Å². The monoisotopic (exact) mass is 841 g/mol. The summed E-state index contributed by atoms with van der Waals surface area (Å²) in [5.41, 5.74) is 3.65. The van der Waals surface area contributed by atoms with Gasteiger partial charge >= 0.3 is 0 Å². The summed E-state index contributed by atoms with van der Waals surface area (Å²) in [4.78, 5) is 72.2. The maximum absolute atomic E-state index is 13.3. The molecule has 1 aliphatic carbocycles. The lowest BCUT2D eigenvalue weighted by Gasteiger charge is -2.40. The Morgan fingerprint density at radius 1 is 0.774 bits per heavy atom. The van der Waals surface area contributed by atoms with Crippen LogP contribution in [0.4, 0.5) is 5.69 Å². The van der Waals surface area contributed by atoms with E-state index in [1.54, 1.807) is 37.6 Å². The Labute approximate surface area is 357 Å². The highest BCUT2D eigenvalue weighted by Crippen LogP contribution is 2.34. The van der Waals surface area contributed by atoms with Crippen LogP contribution in [-0.4, -0.2) is 142 Å². The first-order chi connectivity index (χ1) is 30.2. The van der Waals surface area contributed by atoms with E-state index in [1.807, 2.05) is 36.4 Å². The molecule has 1 unspecified atom stereocenters. The van der Waals surface area contributed by atoms with E-state index in [4.69, 9.17) is 23.7 Å². The maximum atomic E-state index is 13.3. The van der Waals surface area contributed by atoms with E-state index in [1.165, 1.54) is 0 Å². The molecule has 17 nitrogen and oxygen atoms in total. The number of carbonyl (C=O) groups is 4. The number of nitrogens with zero attached hydrogens (tertiary/aromatic N) is 8. The molecule has 4 aliphatic heterocycles. The number of anilines is 1. The fourth-order valence-electron chi connectivity index (χ4n) is 9.03. The summed E-state index contributed by atoms with van der Waals surface area (Å²) in [7, 11) is 1.56. The summed E-state index contributed by atoms with van der Waals surface area (Å²) in [5, 5.41) is 7.35. The number of likely N-dealkylation sites (tertiary alicyclic amines) is 1. The third kappa shape index (κ3) is 8.10. The lowest BCUT2D eigenvalue weighted by Crippen LogP contribution is -2.54. The highest BCUT2D eigenvalue weighted by molar-refractivity contribution is 6.23. The van der Waals surface area contributed by atoms with Crippen LogP contribution in [0.5, 0.6) is 11.6 Å². The highest BCUT2D eigenvalue weighted by Gasteiger charge is 2.45. The number of rotatable bonds is 12. The van der Waals surface area contributed by atoms with Crippen LogP contribution in [0.2, 0.25) is 0 Å². The average molecular weight is 842 g/mol. The number of hydrogen-bond acceptors (Lipinski definition) is 15. The molecule has 3 saturated heterocycles. The molecule has 2 aromatic carbocycles. The van der Waals surface area contributed by atoms with E-state index in [2.05, 4.69) is 35.1 Å². The summed E-state index contributed by atoms with van der Waals surface area (Å²) in [6, 6.07) is 17.7. The summed E-state index contributed by atoms with van der Waals surface area (Å²) >= 11 is 0. The lowest BCUT2D eigenvalue weighted by molar-refractivity contribution is -0.136. The van der Waals surface area contributed by atoms with Crippen LogP contribution in [0.1, 0.15) is 59.2 Å². The van der Waals surface area contributed by atoms with Gasteiger partial charge in [0.25, 0.3) is 17.7 Å². The molecule has 10 rings (SSSR count). The number of hydrogen-bond donors (Lipinski definition) is 1. The number of methoxy groups -OCH3 is 1. The molecule has 1 N–H and O–H groups in total. The molecule has 5 aliphatic rings. The van der Waals surface area contributed by atoms with Gasteiger partial charge in [-0.1, -0.05) is 11.2 Å². The zero-order chi connectivity index (χ0) is 42.3. The molecule has 1 atom stereocenters. The van der Waals surface area contributed by atoms with Gasteiger partial charge in [0.05, 0.1) is 36.0 Å². The number of fused-ring (bicyclic) bond motifs is 2. The van der Waals surface area contributed by atoms with E-state index in [0.29, 0.717) is 40.0 Å². The quantitative estimate of drug-likeness (QED) is 0.178. The molecule has 1 saturated carbocycles. The van der Waals surface area contributed by atoms with Crippen LogP contribution >= 0.6 is 0 Å². The Balaban J connectivity index is 0.630. The predicted molar refractivity (Wildman–Crippen MR) is 225 cm³/mol. The molecule has 5 aromatic rings. The van der Waals surface area contributed by atoms with E-state index < -0.39 is 23.8 Å². The number of aromatic nitrogens is 4. The summed E-state index contributed by atoms with van der Waals surface area (Å²) < 4.78 is 23.5. The average Bonchev–Trinajstić information content (AvgIpc) is 3.88. The number of piperidine rings is 2. The van der Waals surface area contributed by atoms with Crippen molar-refractivity contribution in [2.75, 3.05) is 64.4 Å². The van der Waals surface area contributed by atoms with Gasteiger partial charge in [-0.05, 0) is 67.8 Å². The number of piperazine rings is 1. The van der Waals surface area contributed by atoms with Crippen LogP contribution < -0.4 is 19.7 Å². The lowest BCUT2D eigenvalue weighted by atomic mass is 9.91. The van der Waals surface area contributed by atoms with Gasteiger partial charge in [0.1, 0.15) is 23.6 Å². The minimum Gasteiger partial charge on any atom is -0.490 e. The fraction of sp³-hybridized carbons (Fsp3) is 0.422. The van der Waals surface area contributed by atoms with Crippen molar-refractivity contribution in [2.24, 2.45) is 0 Å². The molecular weight excluding hydrogens is 795 g/mol. The van der Waals surface area contributed by atoms with Crippen LogP contribution in [0.3, 0.4) is 0 Å². The minimum absolute atomic E-state index is 0.0975. The summed E-state index contributed by atoms with van der Waals surface area (Å²) in [6.07, 6.45) is 6.30. The molecule has 4 amide bonds. The van der Waals surface area contributed by atoms with E-state index in [9.17, 15) is 19.2 Å². The number of benzene rings is 2. The van der Waals surface area contributed by atoms with Gasteiger partial charge in [-0.15, -0.1) is 0 Å². The Kier molecular flexibility index (Phi) is 10.8. The van der Waals surface area contributed by atoms with Crippen molar-refractivity contribution in [3.8, 4) is 34.6 Å². The second kappa shape index (κ2) is 16.9. The smallest absolute Gasteiger partial charge is 0.262 e.